The van der Waals surface area contributed by atoms with E-state index in [1.807, 2.05) is 24.1 Å². The molecule has 1 aromatic rings. The molecule has 38 heavy (non-hydrogen) atoms. The highest BCUT2D eigenvalue weighted by molar-refractivity contribution is 5.75. The summed E-state index contributed by atoms with van der Waals surface area (Å²) in [6.45, 7) is 5.46. The Morgan fingerprint density at radius 1 is 1.03 bits per heavy atom. The van der Waals surface area contributed by atoms with Crippen molar-refractivity contribution in [1.29, 1.82) is 0 Å². The lowest BCUT2D eigenvalue weighted by molar-refractivity contribution is -0.130. The number of carbonyl (C=O) groups excluding carboxylic acids is 1. The number of aryl methyl sites for hydroxylation is 1. The number of unbranched alkanes of at least 4 members (excludes halogenated alkanes) is 8. The normalized spacial score (nSPS) is 29.9. The summed E-state index contributed by atoms with van der Waals surface area (Å²) in [6, 6.07) is 6.06. The van der Waals surface area contributed by atoms with Gasteiger partial charge in [-0.2, -0.15) is 0 Å². The van der Waals surface area contributed by atoms with Crippen molar-refractivity contribution in [3.63, 3.8) is 0 Å². The Balaban J connectivity index is 1.15. The van der Waals surface area contributed by atoms with Gasteiger partial charge in [-0.05, 0) is 97.3 Å². The molecule has 0 radical (unpaired) electrons. The fourth-order valence-electron chi connectivity index (χ4n) is 8.58. The summed E-state index contributed by atoms with van der Waals surface area (Å²) in [6.07, 6.45) is 19.7. The SMILES string of the molecule is CCCCN(C)C(=O)CCCCCCCCCC[C@H]1C[C@H](O)[C@@]2(C)CC[C@@H]3c4ccc(O)cc4CC[C@H]3[C@H]12. The summed E-state index contributed by atoms with van der Waals surface area (Å²) >= 11 is 0. The number of hydrogen-bond acceptors (Lipinski definition) is 3. The van der Waals surface area contributed by atoms with Crippen molar-refractivity contribution < 1.29 is 15.0 Å². The summed E-state index contributed by atoms with van der Waals surface area (Å²) in [4.78, 5) is 14.0. The second kappa shape index (κ2) is 13.7. The zero-order chi connectivity index (χ0) is 27.1. The van der Waals surface area contributed by atoms with Gasteiger partial charge in [0.25, 0.3) is 0 Å². The number of phenols is 1. The molecule has 4 heteroatoms. The van der Waals surface area contributed by atoms with E-state index < -0.39 is 0 Å². The number of carbonyl (C=O) groups is 1. The van der Waals surface area contributed by atoms with E-state index in [1.54, 1.807) is 0 Å². The number of hydrogen-bond donors (Lipinski definition) is 2. The van der Waals surface area contributed by atoms with E-state index >= 15 is 0 Å². The molecule has 2 N–H and O–H groups in total. The number of benzene rings is 1. The van der Waals surface area contributed by atoms with Crippen molar-refractivity contribution in [2.24, 2.45) is 23.2 Å². The Morgan fingerprint density at radius 3 is 2.47 bits per heavy atom. The van der Waals surface area contributed by atoms with Crippen molar-refractivity contribution >= 4 is 5.91 Å². The van der Waals surface area contributed by atoms with Crippen molar-refractivity contribution in [2.75, 3.05) is 13.6 Å². The van der Waals surface area contributed by atoms with Crippen molar-refractivity contribution in [2.45, 2.75) is 135 Å². The van der Waals surface area contributed by atoms with Gasteiger partial charge in [0.1, 0.15) is 5.75 Å². The second-order valence-electron chi connectivity index (χ2n) is 13.3. The van der Waals surface area contributed by atoms with Crippen molar-refractivity contribution in [3.05, 3.63) is 29.3 Å². The molecule has 0 spiro atoms. The average molecular weight is 526 g/mol. The van der Waals surface area contributed by atoms with Gasteiger partial charge in [-0.15, -0.1) is 0 Å². The average Bonchev–Trinajstić information content (AvgIpc) is 3.17. The van der Waals surface area contributed by atoms with Crippen LogP contribution in [0, 0.1) is 23.2 Å². The Kier molecular flexibility index (Phi) is 10.6. The van der Waals surface area contributed by atoms with Crippen LogP contribution in [0.2, 0.25) is 0 Å². The van der Waals surface area contributed by atoms with Crippen LogP contribution in [0.25, 0.3) is 0 Å². The van der Waals surface area contributed by atoms with Crippen LogP contribution in [0.5, 0.6) is 5.75 Å². The van der Waals surface area contributed by atoms with E-state index in [9.17, 15) is 15.0 Å². The molecular weight excluding hydrogens is 470 g/mol. The maximum Gasteiger partial charge on any atom is 0.222 e. The molecule has 2 saturated carbocycles. The molecule has 3 aliphatic rings. The van der Waals surface area contributed by atoms with Gasteiger partial charge in [-0.25, -0.2) is 0 Å². The molecule has 4 nitrogen and oxygen atoms in total. The quantitative estimate of drug-likeness (QED) is 0.242. The minimum absolute atomic E-state index is 0.0897. The number of fused-ring (bicyclic) bond motifs is 5. The summed E-state index contributed by atoms with van der Waals surface area (Å²) < 4.78 is 0. The summed E-state index contributed by atoms with van der Waals surface area (Å²) in [5, 5.41) is 21.1. The highest BCUT2D eigenvalue weighted by Crippen LogP contribution is 2.63. The number of aliphatic hydroxyl groups excluding tert-OH is 1. The molecule has 0 heterocycles. The molecule has 0 bridgehead atoms. The zero-order valence-electron chi connectivity index (χ0n) is 24.6. The van der Waals surface area contributed by atoms with Crippen LogP contribution in [-0.2, 0) is 11.2 Å². The third-order valence-electron chi connectivity index (χ3n) is 10.8. The minimum atomic E-state index is -0.141. The largest absolute Gasteiger partial charge is 0.508 e. The predicted octanol–water partition coefficient (Wildman–Crippen LogP) is 7.99. The second-order valence-corrected chi connectivity index (χ2v) is 13.3. The smallest absolute Gasteiger partial charge is 0.222 e. The maximum atomic E-state index is 12.1. The van der Waals surface area contributed by atoms with Crippen LogP contribution in [0.4, 0.5) is 0 Å². The Morgan fingerprint density at radius 2 is 1.74 bits per heavy atom. The van der Waals surface area contributed by atoms with Crippen molar-refractivity contribution in [1.82, 2.24) is 4.90 Å². The Hall–Kier alpha value is -1.55. The topological polar surface area (TPSA) is 60.8 Å². The molecule has 6 atom stereocenters. The first-order valence-corrected chi connectivity index (χ1v) is 16.1. The molecule has 214 valence electrons. The fourth-order valence-corrected chi connectivity index (χ4v) is 8.58. The van der Waals surface area contributed by atoms with E-state index in [0.717, 1.165) is 45.1 Å². The monoisotopic (exact) mass is 525 g/mol. The standard InChI is InChI=1S/C34H55NO3/c1-4-5-22-35(3)32(38)15-13-11-9-7-6-8-10-12-14-26-24-31(37)34(2)21-20-29-28-19-17-27(36)23-25(28)16-18-30(29)33(26)34/h17,19,23,26,29-31,33,36-37H,4-16,18,20-22,24H2,1-3H3/t26-,29+,30+,31-,33-,34+/m0/s1. The molecule has 3 aliphatic carbocycles. The highest BCUT2D eigenvalue weighted by atomic mass is 16.3. The highest BCUT2D eigenvalue weighted by Gasteiger charge is 2.58. The van der Waals surface area contributed by atoms with E-state index in [1.165, 1.54) is 75.3 Å². The number of aliphatic hydroxyl groups is 1. The van der Waals surface area contributed by atoms with Gasteiger partial charge in [0, 0.05) is 20.0 Å². The minimum Gasteiger partial charge on any atom is -0.508 e. The Labute approximate surface area is 232 Å². The number of aromatic hydroxyl groups is 1. The number of rotatable bonds is 14. The number of phenolic OH excluding ortho intramolecular Hbond substituents is 1. The van der Waals surface area contributed by atoms with Gasteiger partial charge in [-0.1, -0.05) is 77.7 Å². The van der Waals surface area contributed by atoms with Gasteiger partial charge >= 0.3 is 0 Å². The van der Waals surface area contributed by atoms with Crippen LogP contribution in [0.1, 0.15) is 134 Å². The third-order valence-corrected chi connectivity index (χ3v) is 10.8. The molecule has 0 aliphatic heterocycles. The van der Waals surface area contributed by atoms with Gasteiger partial charge in [0.2, 0.25) is 5.91 Å². The molecule has 1 amide bonds. The lowest BCUT2D eigenvalue weighted by Crippen LogP contribution is -2.45. The fraction of sp³-hybridized carbons (Fsp3) is 0.794. The summed E-state index contributed by atoms with van der Waals surface area (Å²) in [5.41, 5.74) is 2.93. The van der Waals surface area contributed by atoms with Gasteiger partial charge in [-0.3, -0.25) is 4.79 Å². The predicted molar refractivity (Wildman–Crippen MR) is 156 cm³/mol. The van der Waals surface area contributed by atoms with Crippen LogP contribution in [0.15, 0.2) is 18.2 Å². The molecule has 4 rings (SSSR count). The van der Waals surface area contributed by atoms with Crippen LogP contribution in [0.3, 0.4) is 0 Å². The van der Waals surface area contributed by atoms with Crippen LogP contribution < -0.4 is 0 Å². The molecule has 0 aromatic heterocycles. The summed E-state index contributed by atoms with van der Waals surface area (Å²) in [7, 11) is 1.94. The van der Waals surface area contributed by atoms with E-state index in [0.29, 0.717) is 41.7 Å². The first kappa shape index (κ1) is 29.4. The summed E-state index contributed by atoms with van der Waals surface area (Å²) in [5.74, 6) is 3.31. The van der Waals surface area contributed by atoms with E-state index in [4.69, 9.17) is 0 Å². The first-order chi connectivity index (χ1) is 18.3. The van der Waals surface area contributed by atoms with Crippen molar-refractivity contribution in [3.8, 4) is 5.75 Å². The maximum absolute atomic E-state index is 12.1. The molecule has 0 unspecified atom stereocenters. The first-order valence-electron chi connectivity index (χ1n) is 16.1. The molecular formula is C34H55NO3. The van der Waals surface area contributed by atoms with E-state index in [2.05, 4.69) is 19.9 Å². The van der Waals surface area contributed by atoms with Gasteiger partial charge < -0.3 is 15.1 Å². The lowest BCUT2D eigenvalue weighted by atomic mass is 9.53. The molecule has 0 saturated heterocycles. The lowest BCUT2D eigenvalue weighted by Gasteiger charge is -2.51. The zero-order valence-corrected chi connectivity index (χ0v) is 24.6. The van der Waals surface area contributed by atoms with E-state index in [-0.39, 0.29) is 11.5 Å². The molecule has 1 aromatic carbocycles. The Bertz CT molecular complexity index is 900. The van der Waals surface area contributed by atoms with Crippen LogP contribution in [-0.4, -0.2) is 40.7 Å². The van der Waals surface area contributed by atoms with Gasteiger partial charge in [0.15, 0.2) is 0 Å². The number of nitrogens with zero attached hydrogens (tertiary/aromatic N) is 1. The van der Waals surface area contributed by atoms with Crippen LogP contribution >= 0.6 is 0 Å². The van der Waals surface area contributed by atoms with Gasteiger partial charge in [0.05, 0.1) is 6.10 Å². The molecule has 2 fully saturated rings. The third kappa shape index (κ3) is 6.77. The number of amides is 1.